The monoisotopic (exact) mass is 657 g/mol. The van der Waals surface area contributed by atoms with Crippen LogP contribution in [0.25, 0.3) is 6.08 Å². The van der Waals surface area contributed by atoms with Gasteiger partial charge in [0.25, 0.3) is 11.8 Å². The van der Waals surface area contributed by atoms with Crippen molar-refractivity contribution in [2.24, 2.45) is 0 Å². The Hall–Kier alpha value is -4.67. The molecule has 0 unspecified atom stereocenters. The summed E-state index contributed by atoms with van der Waals surface area (Å²) in [5, 5.41) is 8.34. The second-order valence-electron chi connectivity index (χ2n) is 9.04. The number of hydrogen-bond donors (Lipinski definition) is 3. The van der Waals surface area contributed by atoms with Crippen LogP contribution in [0.4, 0.5) is 11.4 Å². The molecule has 0 saturated heterocycles. The smallest absolute Gasteiger partial charge is 0.338 e. The number of carbonyl (C=O) groups excluding carboxylic acids is 4. The Morgan fingerprint density at radius 2 is 1.40 bits per heavy atom. The van der Waals surface area contributed by atoms with Gasteiger partial charge in [0.1, 0.15) is 5.70 Å². The maximum Gasteiger partial charge on any atom is 0.338 e. The summed E-state index contributed by atoms with van der Waals surface area (Å²) in [6, 6.07) is 29.5. The highest BCUT2D eigenvalue weighted by molar-refractivity contribution is 9.10. The topological polar surface area (TPSA) is 114 Å². The molecule has 0 atom stereocenters. The lowest BCUT2D eigenvalue weighted by molar-refractivity contribution is -0.114. The van der Waals surface area contributed by atoms with Gasteiger partial charge in [0.15, 0.2) is 0 Å². The first-order valence-electron chi connectivity index (χ1n) is 13.3. The van der Waals surface area contributed by atoms with Gasteiger partial charge in [0.2, 0.25) is 5.91 Å². The number of ether oxygens (including phenoxy) is 1. The predicted octanol–water partition coefficient (Wildman–Crippen LogP) is 6.77. The second-order valence-corrected chi connectivity index (χ2v) is 11.0. The SMILES string of the molecule is CCOC(=O)c1ccc(NC(=O)CSc2ccc(NC(=O)/C(=C/c3ccc(Br)cc3)NC(=O)c3ccccc3)cc2)cc1. The van der Waals surface area contributed by atoms with Crippen LogP contribution in [0.1, 0.15) is 33.2 Å². The van der Waals surface area contributed by atoms with E-state index in [4.69, 9.17) is 4.74 Å². The van der Waals surface area contributed by atoms with Crippen LogP contribution in [0.3, 0.4) is 0 Å². The number of benzene rings is 4. The standard InChI is InChI=1S/C33H28BrN3O5S/c1-2-42-33(41)24-10-14-26(15-11-24)35-30(38)21-43-28-18-16-27(17-19-28)36-32(40)29(20-22-8-12-25(34)13-9-22)37-31(39)23-6-4-3-5-7-23/h3-20H,2,21H2,1H3,(H,35,38)(H,36,40)(H,37,39)/b29-20-. The summed E-state index contributed by atoms with van der Waals surface area (Å²) in [4.78, 5) is 51.1. The van der Waals surface area contributed by atoms with Gasteiger partial charge in [0, 0.05) is 26.3 Å². The molecule has 8 nitrogen and oxygen atoms in total. The number of thioether (sulfide) groups is 1. The summed E-state index contributed by atoms with van der Waals surface area (Å²) >= 11 is 4.73. The number of carbonyl (C=O) groups is 4. The minimum absolute atomic E-state index is 0.0848. The van der Waals surface area contributed by atoms with Crippen LogP contribution < -0.4 is 16.0 Å². The Balaban J connectivity index is 1.35. The zero-order valence-electron chi connectivity index (χ0n) is 23.1. The van der Waals surface area contributed by atoms with E-state index in [9.17, 15) is 19.2 Å². The van der Waals surface area contributed by atoms with Crippen molar-refractivity contribution in [2.75, 3.05) is 23.0 Å². The molecule has 0 aliphatic rings. The number of amides is 3. The van der Waals surface area contributed by atoms with Crippen LogP contribution in [-0.4, -0.2) is 36.1 Å². The second kappa shape index (κ2) is 15.5. The normalized spacial score (nSPS) is 10.9. The molecule has 0 fully saturated rings. The van der Waals surface area contributed by atoms with Gasteiger partial charge in [-0.25, -0.2) is 4.79 Å². The average molecular weight is 659 g/mol. The fraction of sp³-hybridized carbons (Fsp3) is 0.0909. The lowest BCUT2D eigenvalue weighted by atomic mass is 10.1. The van der Waals surface area contributed by atoms with Crippen LogP contribution in [0.15, 0.2) is 118 Å². The van der Waals surface area contributed by atoms with Crippen molar-refractivity contribution < 1.29 is 23.9 Å². The first kappa shape index (κ1) is 31.3. The molecule has 0 spiro atoms. The van der Waals surface area contributed by atoms with Crippen molar-refractivity contribution in [1.82, 2.24) is 5.32 Å². The molecule has 0 aliphatic heterocycles. The van der Waals surface area contributed by atoms with Crippen molar-refractivity contribution in [2.45, 2.75) is 11.8 Å². The molecule has 0 radical (unpaired) electrons. The van der Waals surface area contributed by atoms with Gasteiger partial charge in [-0.1, -0.05) is 46.3 Å². The molecule has 43 heavy (non-hydrogen) atoms. The number of halogens is 1. The molecule has 0 aliphatic carbocycles. The highest BCUT2D eigenvalue weighted by Crippen LogP contribution is 2.22. The fourth-order valence-electron chi connectivity index (χ4n) is 3.75. The number of nitrogens with one attached hydrogen (secondary N) is 3. The molecule has 0 bridgehead atoms. The summed E-state index contributed by atoms with van der Waals surface area (Å²) in [7, 11) is 0. The Bertz CT molecular complexity index is 1610. The molecule has 3 amide bonds. The van der Waals surface area contributed by atoms with E-state index in [-0.39, 0.29) is 17.4 Å². The van der Waals surface area contributed by atoms with E-state index >= 15 is 0 Å². The lowest BCUT2D eigenvalue weighted by Gasteiger charge is -2.12. The number of rotatable bonds is 11. The Kier molecular flexibility index (Phi) is 11.3. The quantitative estimate of drug-likeness (QED) is 0.0932. The van der Waals surface area contributed by atoms with E-state index in [2.05, 4.69) is 31.9 Å². The molecule has 0 heterocycles. The summed E-state index contributed by atoms with van der Waals surface area (Å²) in [6.45, 7) is 2.03. The van der Waals surface area contributed by atoms with Crippen molar-refractivity contribution in [3.05, 3.63) is 130 Å². The Labute approximate surface area is 262 Å². The van der Waals surface area contributed by atoms with Gasteiger partial charge in [-0.3, -0.25) is 14.4 Å². The molecule has 3 N–H and O–H groups in total. The summed E-state index contributed by atoms with van der Waals surface area (Å²) < 4.78 is 5.86. The van der Waals surface area contributed by atoms with Crippen LogP contribution in [-0.2, 0) is 14.3 Å². The molecular weight excluding hydrogens is 630 g/mol. The van der Waals surface area contributed by atoms with E-state index in [1.54, 1.807) is 85.8 Å². The highest BCUT2D eigenvalue weighted by atomic mass is 79.9. The molecule has 4 aromatic carbocycles. The zero-order valence-corrected chi connectivity index (χ0v) is 25.5. The summed E-state index contributed by atoms with van der Waals surface area (Å²) in [6.07, 6.45) is 1.61. The summed E-state index contributed by atoms with van der Waals surface area (Å²) in [5.74, 6) is -1.34. The Morgan fingerprint density at radius 3 is 2.05 bits per heavy atom. The Morgan fingerprint density at radius 1 is 0.767 bits per heavy atom. The minimum Gasteiger partial charge on any atom is -0.462 e. The molecule has 4 rings (SSSR count). The molecule has 0 saturated carbocycles. The largest absolute Gasteiger partial charge is 0.462 e. The van der Waals surface area contributed by atoms with Crippen LogP contribution in [0, 0.1) is 0 Å². The third-order valence-corrected chi connectivity index (χ3v) is 7.41. The van der Waals surface area contributed by atoms with E-state index in [0.29, 0.717) is 29.1 Å². The van der Waals surface area contributed by atoms with E-state index < -0.39 is 17.8 Å². The third-order valence-electron chi connectivity index (χ3n) is 5.87. The van der Waals surface area contributed by atoms with Gasteiger partial charge in [-0.05, 0) is 91.4 Å². The predicted molar refractivity (Wildman–Crippen MR) is 173 cm³/mol. The number of anilines is 2. The van der Waals surface area contributed by atoms with Crippen molar-refractivity contribution in [1.29, 1.82) is 0 Å². The van der Waals surface area contributed by atoms with Crippen molar-refractivity contribution >= 4 is 68.8 Å². The average Bonchev–Trinajstić information content (AvgIpc) is 3.02. The van der Waals surface area contributed by atoms with Crippen LogP contribution in [0.2, 0.25) is 0 Å². The minimum atomic E-state index is -0.485. The van der Waals surface area contributed by atoms with E-state index in [1.807, 2.05) is 30.3 Å². The third kappa shape index (κ3) is 9.69. The van der Waals surface area contributed by atoms with Gasteiger partial charge < -0.3 is 20.7 Å². The molecule has 4 aromatic rings. The molecule has 10 heteroatoms. The van der Waals surface area contributed by atoms with Crippen molar-refractivity contribution in [3.63, 3.8) is 0 Å². The zero-order chi connectivity index (χ0) is 30.6. The maximum absolute atomic E-state index is 13.2. The fourth-order valence-corrected chi connectivity index (χ4v) is 4.71. The maximum atomic E-state index is 13.2. The lowest BCUT2D eigenvalue weighted by Crippen LogP contribution is -2.30. The highest BCUT2D eigenvalue weighted by Gasteiger charge is 2.15. The van der Waals surface area contributed by atoms with E-state index in [1.165, 1.54) is 11.8 Å². The van der Waals surface area contributed by atoms with E-state index in [0.717, 1.165) is 14.9 Å². The van der Waals surface area contributed by atoms with Gasteiger partial charge in [-0.15, -0.1) is 11.8 Å². The van der Waals surface area contributed by atoms with Gasteiger partial charge >= 0.3 is 5.97 Å². The molecule has 0 aromatic heterocycles. The van der Waals surface area contributed by atoms with Crippen LogP contribution >= 0.6 is 27.7 Å². The first-order valence-corrected chi connectivity index (χ1v) is 15.0. The summed E-state index contributed by atoms with van der Waals surface area (Å²) in [5.41, 5.74) is 2.76. The van der Waals surface area contributed by atoms with Gasteiger partial charge in [0.05, 0.1) is 17.9 Å². The number of esters is 1. The number of hydrogen-bond acceptors (Lipinski definition) is 6. The first-order chi connectivity index (χ1) is 20.8. The molecule has 218 valence electrons. The molecular formula is C33H28BrN3O5S. The van der Waals surface area contributed by atoms with Gasteiger partial charge in [-0.2, -0.15) is 0 Å². The van der Waals surface area contributed by atoms with Crippen LogP contribution in [0.5, 0.6) is 0 Å². The van der Waals surface area contributed by atoms with Crippen molar-refractivity contribution in [3.8, 4) is 0 Å².